The van der Waals surface area contributed by atoms with Crippen LogP contribution >= 0.6 is 0 Å². The van der Waals surface area contributed by atoms with Gasteiger partial charge in [-0.15, -0.1) is 0 Å². The fourth-order valence-corrected chi connectivity index (χ4v) is 0.449. The number of hydrogen-bond acceptors (Lipinski definition) is 3. The van der Waals surface area contributed by atoms with Crippen molar-refractivity contribution in [1.29, 1.82) is 0 Å². The molecule has 0 atom stereocenters. The minimum Gasteiger partial charge on any atom is -0.438 e. The van der Waals surface area contributed by atoms with Crippen LogP contribution in [0.5, 0.6) is 0 Å². The first-order valence-corrected chi connectivity index (χ1v) is 3.59. The maximum Gasteiger partial charge on any atom is 0.335 e. The van der Waals surface area contributed by atoms with E-state index in [1.54, 1.807) is 6.92 Å². The van der Waals surface area contributed by atoms with Gasteiger partial charge in [-0.25, -0.2) is 9.79 Å². The molecule has 0 saturated carbocycles. The summed E-state index contributed by atoms with van der Waals surface area (Å²) in [6, 6.07) is 0. The fraction of sp³-hybridized carbons (Fsp3) is 0.444. The molecule has 0 aliphatic heterocycles. The lowest BCUT2D eigenvalue weighted by atomic mass is 10.2. The lowest BCUT2D eigenvalue weighted by molar-refractivity contribution is -0.138. The Balaban J connectivity index is 4.06. The number of aliphatic imine (C=N–C) groups is 1. The van der Waals surface area contributed by atoms with Crippen molar-refractivity contribution >= 4 is 11.8 Å². The van der Waals surface area contributed by atoms with Crippen LogP contribution in [0, 0.1) is 0 Å². The third-order valence-electron chi connectivity index (χ3n) is 1.43. The van der Waals surface area contributed by atoms with Gasteiger partial charge in [-0.1, -0.05) is 5.57 Å². The number of rotatable bonds is 3. The fourth-order valence-electron chi connectivity index (χ4n) is 0.449. The van der Waals surface area contributed by atoms with Crippen molar-refractivity contribution in [3.63, 3.8) is 0 Å². The molecule has 0 aromatic heterocycles. The molecular formula is C9H13NO2. The van der Waals surface area contributed by atoms with Gasteiger partial charge in [0.1, 0.15) is 0 Å². The number of carbonyl (C=O) groups excluding carboxylic acids is 1. The van der Waals surface area contributed by atoms with Crippen molar-refractivity contribution in [2.75, 3.05) is 6.73 Å². The van der Waals surface area contributed by atoms with Crippen molar-refractivity contribution in [2.24, 2.45) is 4.99 Å². The van der Waals surface area contributed by atoms with Gasteiger partial charge in [0.25, 0.3) is 0 Å². The van der Waals surface area contributed by atoms with Gasteiger partial charge in [-0.2, -0.15) is 0 Å². The topological polar surface area (TPSA) is 38.7 Å². The normalized spacial score (nSPS) is 8.25. The molecular weight excluding hydrogens is 154 g/mol. The third kappa shape index (κ3) is 3.74. The molecule has 0 rings (SSSR count). The van der Waals surface area contributed by atoms with Gasteiger partial charge in [-0.05, 0) is 33.2 Å². The monoisotopic (exact) mass is 167 g/mol. The molecule has 0 aliphatic rings. The average Bonchev–Trinajstić information content (AvgIpc) is 2.03. The highest BCUT2D eigenvalue weighted by Crippen LogP contribution is 2.03. The van der Waals surface area contributed by atoms with E-state index in [0.29, 0.717) is 5.57 Å². The minimum atomic E-state index is -0.339. The first-order chi connectivity index (χ1) is 5.59. The summed E-state index contributed by atoms with van der Waals surface area (Å²) in [5.41, 5.74) is 1.57. The molecule has 0 saturated heterocycles. The standard InChI is InChI=1S/C9H13NO2/c1-5-10-6-12-9(11)8(4)7(2)3/h1,6H2,2-4H3. The zero-order valence-corrected chi connectivity index (χ0v) is 7.68. The quantitative estimate of drug-likeness (QED) is 0.364. The van der Waals surface area contributed by atoms with E-state index in [1.165, 1.54) is 0 Å². The summed E-state index contributed by atoms with van der Waals surface area (Å²) < 4.78 is 4.74. The Hall–Kier alpha value is -1.34. The second-order valence-corrected chi connectivity index (χ2v) is 2.50. The SMILES string of the molecule is C=C=NCOC(=O)C(C)=C(C)C. The highest BCUT2D eigenvalue weighted by molar-refractivity contribution is 5.88. The zero-order valence-electron chi connectivity index (χ0n) is 7.68. The lowest BCUT2D eigenvalue weighted by Crippen LogP contribution is -2.06. The maximum atomic E-state index is 11.1. The van der Waals surface area contributed by atoms with E-state index in [0.717, 1.165) is 5.57 Å². The highest BCUT2D eigenvalue weighted by Gasteiger charge is 2.05. The molecule has 0 aromatic carbocycles. The predicted molar refractivity (Wildman–Crippen MR) is 48.1 cm³/mol. The van der Waals surface area contributed by atoms with E-state index in [9.17, 15) is 4.79 Å². The smallest absolute Gasteiger partial charge is 0.335 e. The largest absolute Gasteiger partial charge is 0.438 e. The molecule has 66 valence electrons. The Morgan fingerprint density at radius 2 is 2.08 bits per heavy atom. The summed E-state index contributed by atoms with van der Waals surface area (Å²) in [5, 5.41) is 0. The number of allylic oxidation sites excluding steroid dienone is 1. The molecule has 0 aromatic rings. The first kappa shape index (κ1) is 10.7. The zero-order chi connectivity index (χ0) is 9.56. The first-order valence-electron chi connectivity index (χ1n) is 3.59. The van der Waals surface area contributed by atoms with Gasteiger partial charge in [-0.3, -0.25) is 0 Å². The molecule has 0 N–H and O–H groups in total. The lowest BCUT2D eigenvalue weighted by Gasteiger charge is -2.01. The predicted octanol–water partition coefficient (Wildman–Crippen LogP) is 1.70. The van der Waals surface area contributed by atoms with Crippen LogP contribution in [0.3, 0.4) is 0 Å². The number of esters is 1. The maximum absolute atomic E-state index is 11.1. The second kappa shape index (κ2) is 5.33. The van der Waals surface area contributed by atoms with Crippen LogP contribution in [0.1, 0.15) is 20.8 Å². The molecule has 0 bridgehead atoms. The van der Waals surface area contributed by atoms with E-state index < -0.39 is 0 Å². The molecule has 0 heterocycles. The van der Waals surface area contributed by atoms with Crippen LogP contribution in [0.2, 0.25) is 0 Å². The molecule has 0 radical (unpaired) electrons. The van der Waals surface area contributed by atoms with Crippen LogP contribution in [0.15, 0.2) is 22.7 Å². The van der Waals surface area contributed by atoms with E-state index in [2.05, 4.69) is 17.4 Å². The summed E-state index contributed by atoms with van der Waals surface area (Å²) in [5.74, 6) is 1.93. The Kier molecular flexibility index (Phi) is 4.73. The molecule has 0 amide bonds. The van der Waals surface area contributed by atoms with Crippen LogP contribution in [-0.4, -0.2) is 18.6 Å². The van der Waals surface area contributed by atoms with Crippen LogP contribution in [0.4, 0.5) is 0 Å². The molecule has 0 aliphatic carbocycles. The summed E-state index contributed by atoms with van der Waals surface area (Å²) in [6.45, 7) is 8.66. The van der Waals surface area contributed by atoms with Crippen molar-refractivity contribution < 1.29 is 9.53 Å². The minimum absolute atomic E-state index is 0.00699. The van der Waals surface area contributed by atoms with E-state index in [-0.39, 0.29) is 12.7 Å². The van der Waals surface area contributed by atoms with Gasteiger partial charge in [0.2, 0.25) is 0 Å². The number of ether oxygens (including phenoxy) is 1. The summed E-state index contributed by atoms with van der Waals surface area (Å²) in [4.78, 5) is 14.6. The van der Waals surface area contributed by atoms with Crippen molar-refractivity contribution in [3.05, 3.63) is 17.7 Å². The summed E-state index contributed by atoms with van der Waals surface area (Å²) >= 11 is 0. The number of hydrogen-bond donors (Lipinski definition) is 0. The van der Waals surface area contributed by atoms with Gasteiger partial charge in [0, 0.05) is 5.57 Å². The van der Waals surface area contributed by atoms with Gasteiger partial charge in [0.05, 0.1) is 0 Å². The molecule has 3 nitrogen and oxygen atoms in total. The Morgan fingerprint density at radius 3 is 2.50 bits per heavy atom. The number of carbonyl (C=O) groups is 1. The summed E-state index contributed by atoms with van der Waals surface area (Å²) in [6.07, 6.45) is 0. The molecule has 0 unspecified atom stereocenters. The molecule has 3 heteroatoms. The second-order valence-electron chi connectivity index (χ2n) is 2.50. The van der Waals surface area contributed by atoms with Crippen LogP contribution in [0.25, 0.3) is 0 Å². The van der Waals surface area contributed by atoms with Crippen molar-refractivity contribution in [1.82, 2.24) is 0 Å². The van der Waals surface area contributed by atoms with Crippen LogP contribution < -0.4 is 0 Å². The highest BCUT2D eigenvalue weighted by atomic mass is 16.5. The Bertz CT molecular complexity index is 243. The molecule has 0 spiro atoms. The van der Waals surface area contributed by atoms with E-state index in [4.69, 9.17) is 4.74 Å². The Labute approximate surface area is 72.4 Å². The van der Waals surface area contributed by atoms with Crippen LogP contribution in [-0.2, 0) is 9.53 Å². The van der Waals surface area contributed by atoms with E-state index in [1.807, 2.05) is 13.8 Å². The third-order valence-corrected chi connectivity index (χ3v) is 1.43. The molecule has 12 heavy (non-hydrogen) atoms. The van der Waals surface area contributed by atoms with Crippen molar-refractivity contribution in [2.45, 2.75) is 20.8 Å². The number of nitrogens with zero attached hydrogens (tertiary/aromatic N) is 1. The Morgan fingerprint density at radius 1 is 1.50 bits per heavy atom. The van der Waals surface area contributed by atoms with Gasteiger partial charge < -0.3 is 4.74 Å². The molecule has 0 fully saturated rings. The average molecular weight is 167 g/mol. The van der Waals surface area contributed by atoms with Crippen molar-refractivity contribution in [3.8, 4) is 0 Å². The summed E-state index contributed by atoms with van der Waals surface area (Å²) in [7, 11) is 0. The van der Waals surface area contributed by atoms with Gasteiger partial charge in [0.15, 0.2) is 6.73 Å². The van der Waals surface area contributed by atoms with Gasteiger partial charge >= 0.3 is 5.97 Å². The van der Waals surface area contributed by atoms with E-state index >= 15 is 0 Å².